The Morgan fingerprint density at radius 2 is 2.05 bits per heavy atom. The van der Waals surface area contributed by atoms with E-state index in [2.05, 4.69) is 15.5 Å². The van der Waals surface area contributed by atoms with Crippen LogP contribution in [0.25, 0.3) is 0 Å². The van der Waals surface area contributed by atoms with Gasteiger partial charge in [0.1, 0.15) is 11.6 Å². The molecule has 0 saturated heterocycles. The Labute approximate surface area is 121 Å². The molecule has 0 spiro atoms. The fraction of sp³-hybridized carbons (Fsp3) is 0.333. The first kappa shape index (κ1) is 15.2. The Hall–Kier alpha value is -2.24. The molecule has 0 aliphatic carbocycles. The Balaban J connectivity index is 1.85. The molecule has 0 bridgehead atoms. The summed E-state index contributed by atoms with van der Waals surface area (Å²) in [4.78, 5) is 11.9. The highest BCUT2D eigenvalue weighted by Gasteiger charge is 2.22. The lowest BCUT2D eigenvalue weighted by Crippen LogP contribution is -2.30. The van der Waals surface area contributed by atoms with Gasteiger partial charge in [0.05, 0.1) is 5.92 Å². The monoisotopic (exact) mass is 293 g/mol. The maximum Gasteiger partial charge on any atom is 0.227 e. The van der Waals surface area contributed by atoms with Crippen molar-refractivity contribution in [1.29, 1.82) is 0 Å². The Morgan fingerprint density at radius 3 is 2.67 bits per heavy atom. The molecule has 1 unspecified atom stereocenters. The van der Waals surface area contributed by atoms with Crippen molar-refractivity contribution in [2.24, 2.45) is 0 Å². The molecular formula is C15H17F2N3O. The van der Waals surface area contributed by atoms with Crippen LogP contribution in [0.4, 0.5) is 8.78 Å². The summed E-state index contributed by atoms with van der Waals surface area (Å²) in [6.45, 7) is 1.93. The minimum atomic E-state index is -0.863. The molecule has 1 aromatic heterocycles. The van der Waals surface area contributed by atoms with Crippen LogP contribution in [0.3, 0.4) is 0 Å². The third kappa shape index (κ3) is 3.87. The summed E-state index contributed by atoms with van der Waals surface area (Å²) in [6.07, 6.45) is 3.14. The molecule has 2 rings (SSSR count). The van der Waals surface area contributed by atoms with Gasteiger partial charge in [-0.3, -0.25) is 9.89 Å². The molecule has 0 aliphatic heterocycles. The average molecular weight is 293 g/mol. The molecule has 1 atom stereocenters. The quantitative estimate of drug-likeness (QED) is 0.804. The van der Waals surface area contributed by atoms with Crippen molar-refractivity contribution in [1.82, 2.24) is 15.5 Å². The molecule has 0 fully saturated rings. The van der Waals surface area contributed by atoms with Crippen molar-refractivity contribution in [2.75, 3.05) is 6.54 Å². The summed E-state index contributed by atoms with van der Waals surface area (Å²) in [6, 6.07) is 5.45. The summed E-state index contributed by atoms with van der Waals surface area (Å²) in [5.74, 6) is -2.65. The van der Waals surface area contributed by atoms with Gasteiger partial charge in [-0.25, -0.2) is 8.78 Å². The Bertz CT molecular complexity index is 579. The van der Waals surface area contributed by atoms with Gasteiger partial charge in [-0.15, -0.1) is 0 Å². The van der Waals surface area contributed by atoms with E-state index in [0.29, 0.717) is 6.54 Å². The number of rotatable bonds is 6. The first-order valence-electron chi connectivity index (χ1n) is 6.79. The molecule has 2 N–H and O–H groups in total. The maximum absolute atomic E-state index is 13.6. The number of aromatic nitrogens is 2. The summed E-state index contributed by atoms with van der Waals surface area (Å²) < 4.78 is 27.2. The van der Waals surface area contributed by atoms with Crippen LogP contribution in [0.5, 0.6) is 0 Å². The van der Waals surface area contributed by atoms with Crippen LogP contribution in [-0.4, -0.2) is 22.6 Å². The number of carbonyl (C=O) groups is 1. The van der Waals surface area contributed by atoms with Gasteiger partial charge in [-0.2, -0.15) is 5.10 Å². The van der Waals surface area contributed by atoms with Crippen LogP contribution < -0.4 is 5.32 Å². The van der Waals surface area contributed by atoms with E-state index in [1.165, 1.54) is 13.0 Å². The summed E-state index contributed by atoms with van der Waals surface area (Å²) in [5, 5.41) is 9.35. The summed E-state index contributed by atoms with van der Waals surface area (Å²) in [7, 11) is 0. The lowest BCUT2D eigenvalue weighted by atomic mass is 9.99. The van der Waals surface area contributed by atoms with Crippen molar-refractivity contribution < 1.29 is 13.6 Å². The highest BCUT2D eigenvalue weighted by atomic mass is 19.1. The number of hydrogen-bond donors (Lipinski definition) is 2. The number of amides is 1. The van der Waals surface area contributed by atoms with Crippen LogP contribution >= 0.6 is 0 Å². The number of benzene rings is 1. The van der Waals surface area contributed by atoms with Gasteiger partial charge in [0.25, 0.3) is 0 Å². The second-order valence-electron chi connectivity index (χ2n) is 4.83. The van der Waals surface area contributed by atoms with E-state index < -0.39 is 17.6 Å². The Morgan fingerprint density at radius 1 is 1.33 bits per heavy atom. The highest BCUT2D eigenvalue weighted by molar-refractivity contribution is 5.83. The zero-order chi connectivity index (χ0) is 15.2. The lowest BCUT2D eigenvalue weighted by molar-refractivity contribution is -0.122. The fourth-order valence-corrected chi connectivity index (χ4v) is 2.12. The van der Waals surface area contributed by atoms with Crippen molar-refractivity contribution in [2.45, 2.75) is 25.7 Å². The first-order chi connectivity index (χ1) is 10.1. The Kier molecular flexibility index (Phi) is 5.03. The maximum atomic E-state index is 13.6. The van der Waals surface area contributed by atoms with Crippen LogP contribution in [-0.2, 0) is 11.2 Å². The van der Waals surface area contributed by atoms with Crippen LogP contribution in [0.2, 0.25) is 0 Å². The zero-order valence-electron chi connectivity index (χ0n) is 11.7. The number of halogens is 2. The van der Waals surface area contributed by atoms with Gasteiger partial charge in [0, 0.05) is 24.0 Å². The van der Waals surface area contributed by atoms with Crippen molar-refractivity contribution >= 4 is 5.91 Å². The van der Waals surface area contributed by atoms with E-state index >= 15 is 0 Å². The van der Waals surface area contributed by atoms with E-state index in [-0.39, 0.29) is 11.5 Å². The second kappa shape index (κ2) is 6.97. The minimum absolute atomic E-state index is 0.191. The van der Waals surface area contributed by atoms with E-state index in [4.69, 9.17) is 0 Å². The normalized spacial score (nSPS) is 12.1. The standard InChI is InChI=1S/C15H17F2N3O/c1-10(14-12(16)5-2-6-13(14)17)15(21)18-8-3-4-11-7-9-19-20-11/h2,5-7,9-10H,3-4,8H2,1H3,(H,18,21)(H,19,20). The van der Waals surface area contributed by atoms with Crippen LogP contribution in [0.15, 0.2) is 30.5 Å². The van der Waals surface area contributed by atoms with Gasteiger partial charge in [0.15, 0.2) is 0 Å². The largest absolute Gasteiger partial charge is 0.356 e. The van der Waals surface area contributed by atoms with Crippen molar-refractivity contribution in [3.63, 3.8) is 0 Å². The van der Waals surface area contributed by atoms with E-state index in [1.54, 1.807) is 6.20 Å². The predicted molar refractivity (Wildman–Crippen MR) is 74.7 cm³/mol. The number of nitrogens with one attached hydrogen (secondary N) is 2. The third-order valence-corrected chi connectivity index (χ3v) is 3.31. The van der Waals surface area contributed by atoms with Crippen LogP contribution in [0.1, 0.15) is 30.5 Å². The summed E-state index contributed by atoms with van der Waals surface area (Å²) >= 11 is 0. The number of hydrogen-bond acceptors (Lipinski definition) is 2. The van der Waals surface area contributed by atoms with E-state index in [1.807, 2.05) is 6.07 Å². The molecule has 6 heteroatoms. The zero-order valence-corrected chi connectivity index (χ0v) is 11.7. The molecule has 0 radical (unpaired) electrons. The molecule has 0 aliphatic rings. The summed E-state index contributed by atoms with van der Waals surface area (Å²) in [5.41, 5.74) is 0.793. The van der Waals surface area contributed by atoms with Crippen LogP contribution in [0, 0.1) is 11.6 Å². The van der Waals surface area contributed by atoms with Gasteiger partial charge < -0.3 is 5.32 Å². The number of carbonyl (C=O) groups excluding carboxylic acids is 1. The first-order valence-corrected chi connectivity index (χ1v) is 6.79. The topological polar surface area (TPSA) is 57.8 Å². The number of nitrogens with zero attached hydrogens (tertiary/aromatic N) is 1. The molecule has 1 aromatic carbocycles. The molecule has 1 heterocycles. The number of H-pyrrole nitrogens is 1. The molecule has 4 nitrogen and oxygen atoms in total. The van der Waals surface area contributed by atoms with Gasteiger partial charge in [-0.05, 0) is 38.0 Å². The smallest absolute Gasteiger partial charge is 0.227 e. The highest BCUT2D eigenvalue weighted by Crippen LogP contribution is 2.22. The molecule has 1 amide bonds. The SMILES string of the molecule is CC(C(=O)NCCCc1ccn[nH]1)c1c(F)cccc1F. The molecule has 112 valence electrons. The third-order valence-electron chi connectivity index (χ3n) is 3.31. The average Bonchev–Trinajstić information content (AvgIpc) is 2.96. The molecular weight excluding hydrogens is 276 g/mol. The van der Waals surface area contributed by atoms with Crippen molar-refractivity contribution in [3.8, 4) is 0 Å². The van der Waals surface area contributed by atoms with E-state index in [9.17, 15) is 13.6 Å². The fourth-order valence-electron chi connectivity index (χ4n) is 2.12. The van der Waals surface area contributed by atoms with Gasteiger partial charge >= 0.3 is 0 Å². The predicted octanol–water partition coefficient (Wildman–Crippen LogP) is 2.54. The molecule has 21 heavy (non-hydrogen) atoms. The molecule has 2 aromatic rings. The van der Waals surface area contributed by atoms with Gasteiger partial charge in [0.2, 0.25) is 5.91 Å². The van der Waals surface area contributed by atoms with Gasteiger partial charge in [-0.1, -0.05) is 6.07 Å². The number of aromatic amines is 1. The molecule has 0 saturated carbocycles. The second-order valence-corrected chi connectivity index (χ2v) is 4.83. The lowest BCUT2D eigenvalue weighted by Gasteiger charge is -2.14. The van der Waals surface area contributed by atoms with E-state index in [0.717, 1.165) is 30.7 Å². The number of aryl methyl sites for hydroxylation is 1. The minimum Gasteiger partial charge on any atom is -0.356 e. The van der Waals surface area contributed by atoms with Crippen molar-refractivity contribution in [3.05, 3.63) is 53.4 Å².